The van der Waals surface area contributed by atoms with Crippen molar-refractivity contribution in [1.82, 2.24) is 19.8 Å². The Hall–Kier alpha value is -2.69. The zero-order chi connectivity index (χ0) is 25.7. The van der Waals surface area contributed by atoms with Gasteiger partial charge in [0.25, 0.3) is 0 Å². The van der Waals surface area contributed by atoms with Crippen molar-refractivity contribution >= 4 is 23.5 Å². The highest BCUT2D eigenvalue weighted by atomic mass is 32.1. The average molecular weight is 519 g/mol. The molecule has 0 spiro atoms. The van der Waals surface area contributed by atoms with Crippen molar-refractivity contribution in [2.45, 2.75) is 38.9 Å². The number of nitrogens with one attached hydrogen (secondary N) is 1. The minimum atomic E-state index is -1.08. The van der Waals surface area contributed by atoms with E-state index in [9.17, 15) is 13.6 Å². The summed E-state index contributed by atoms with van der Waals surface area (Å²) in [5.41, 5.74) is 1.53. The maximum Gasteiger partial charge on any atom is 0.213 e. The average Bonchev–Trinajstić information content (AvgIpc) is 2.88. The molecule has 3 heterocycles. The number of hydrogen-bond donors (Lipinski definition) is 2. The Morgan fingerprint density at radius 1 is 1.28 bits per heavy atom. The first kappa shape index (κ1) is 26.4. The fourth-order valence-corrected chi connectivity index (χ4v) is 4.68. The Bertz CT molecular complexity index is 1270. The van der Waals surface area contributed by atoms with Gasteiger partial charge in [0.15, 0.2) is 17.0 Å². The maximum atomic E-state index is 14.4. The molecule has 0 saturated carbocycles. The summed E-state index contributed by atoms with van der Waals surface area (Å²) in [6.45, 7) is 5.59. The van der Waals surface area contributed by atoms with Gasteiger partial charge in [0.2, 0.25) is 11.7 Å². The van der Waals surface area contributed by atoms with Gasteiger partial charge in [-0.3, -0.25) is 9.69 Å². The van der Waals surface area contributed by atoms with E-state index in [-0.39, 0.29) is 29.2 Å². The number of unbranched alkanes of at least 4 members (excludes halogenated alkanes) is 1. The van der Waals surface area contributed by atoms with E-state index in [1.165, 1.54) is 0 Å². The van der Waals surface area contributed by atoms with Crippen LogP contribution in [0.2, 0.25) is 0 Å². The van der Waals surface area contributed by atoms with Crippen LogP contribution in [0.25, 0.3) is 10.9 Å². The number of pyridine rings is 2. The van der Waals surface area contributed by atoms with E-state index in [1.807, 2.05) is 23.6 Å². The van der Waals surface area contributed by atoms with Crippen molar-refractivity contribution in [3.8, 4) is 11.6 Å². The highest BCUT2D eigenvalue weighted by molar-refractivity contribution is 7.80. The molecule has 1 atom stereocenters. The standard InChI is InChI=1S/C26H32F2N4O3S/c1-17-16-35-26-23(28)21(27)12-20-24(26)32(17)15-19(25(20)33)14-31(9-4-3-6-29-8-10-36)13-18-5-7-30-22(11-18)34-2/h5,7,11-12,15,17,29,36H,3-4,6,8-10,13-14,16H2,1-2H3. The SMILES string of the molecule is COc1cc(CN(CCCCNCCS)Cc2cn3c4c(c(F)c(F)cc4c2=O)OCC3C)ccn1. The molecule has 1 aliphatic heterocycles. The molecule has 1 aromatic carbocycles. The highest BCUT2D eigenvalue weighted by Crippen LogP contribution is 2.35. The van der Waals surface area contributed by atoms with Gasteiger partial charge in [-0.1, -0.05) is 0 Å². The molecular weight excluding hydrogens is 486 g/mol. The van der Waals surface area contributed by atoms with Crippen LogP contribution in [0.4, 0.5) is 8.78 Å². The molecule has 0 bridgehead atoms. The van der Waals surface area contributed by atoms with Gasteiger partial charge >= 0.3 is 0 Å². The summed E-state index contributed by atoms with van der Waals surface area (Å²) in [6, 6.07) is 4.66. The lowest BCUT2D eigenvalue weighted by Gasteiger charge is -2.28. The van der Waals surface area contributed by atoms with Crippen LogP contribution in [0.15, 0.2) is 35.4 Å². The van der Waals surface area contributed by atoms with Gasteiger partial charge in [-0.05, 0) is 50.6 Å². The van der Waals surface area contributed by atoms with Crippen molar-refractivity contribution in [3.63, 3.8) is 0 Å². The van der Waals surface area contributed by atoms with Crippen LogP contribution in [-0.2, 0) is 13.1 Å². The van der Waals surface area contributed by atoms with Gasteiger partial charge in [-0.25, -0.2) is 9.37 Å². The molecule has 194 valence electrons. The Balaban J connectivity index is 1.64. The first-order valence-corrected chi connectivity index (χ1v) is 12.8. The lowest BCUT2D eigenvalue weighted by atomic mass is 10.1. The predicted octanol–water partition coefficient (Wildman–Crippen LogP) is 3.94. The van der Waals surface area contributed by atoms with E-state index in [2.05, 4.69) is 27.8 Å². The van der Waals surface area contributed by atoms with Crippen molar-refractivity contribution in [3.05, 3.63) is 63.6 Å². The number of halogens is 2. The Labute approximate surface area is 214 Å². The number of methoxy groups -OCH3 is 1. The monoisotopic (exact) mass is 518 g/mol. The van der Waals surface area contributed by atoms with E-state index in [0.29, 0.717) is 30.0 Å². The lowest BCUT2D eigenvalue weighted by Crippen LogP contribution is -2.30. The Morgan fingerprint density at radius 3 is 2.89 bits per heavy atom. The Morgan fingerprint density at radius 2 is 2.11 bits per heavy atom. The number of benzene rings is 1. The van der Waals surface area contributed by atoms with Gasteiger partial charge < -0.3 is 19.4 Å². The number of nitrogens with zero attached hydrogens (tertiary/aromatic N) is 3. The number of ether oxygens (including phenoxy) is 2. The fraction of sp³-hybridized carbons (Fsp3) is 0.462. The van der Waals surface area contributed by atoms with E-state index >= 15 is 0 Å². The van der Waals surface area contributed by atoms with Crippen LogP contribution < -0.4 is 20.2 Å². The first-order valence-electron chi connectivity index (χ1n) is 12.1. The largest absolute Gasteiger partial charge is 0.486 e. The molecule has 0 amide bonds. The zero-order valence-electron chi connectivity index (χ0n) is 20.6. The normalized spacial score (nSPS) is 14.9. The van der Waals surface area contributed by atoms with Crippen LogP contribution in [-0.4, -0.2) is 53.6 Å². The molecule has 0 aliphatic carbocycles. The number of rotatable bonds is 12. The third-order valence-electron chi connectivity index (χ3n) is 6.36. The number of aromatic nitrogens is 2. The summed E-state index contributed by atoms with van der Waals surface area (Å²) in [5, 5.41) is 3.48. The predicted molar refractivity (Wildman–Crippen MR) is 139 cm³/mol. The number of thiol groups is 1. The van der Waals surface area contributed by atoms with Crippen molar-refractivity contribution in [2.75, 3.05) is 39.1 Å². The molecule has 1 N–H and O–H groups in total. The van der Waals surface area contributed by atoms with Crippen molar-refractivity contribution in [2.24, 2.45) is 0 Å². The third-order valence-corrected chi connectivity index (χ3v) is 6.58. The van der Waals surface area contributed by atoms with Crippen LogP contribution >= 0.6 is 12.6 Å². The molecule has 1 aliphatic rings. The third kappa shape index (κ3) is 5.82. The molecule has 10 heteroatoms. The molecule has 0 radical (unpaired) electrons. The lowest BCUT2D eigenvalue weighted by molar-refractivity contribution is 0.230. The second-order valence-corrected chi connectivity index (χ2v) is 9.49. The van der Waals surface area contributed by atoms with Crippen LogP contribution in [0.5, 0.6) is 11.6 Å². The van der Waals surface area contributed by atoms with Gasteiger partial charge in [0, 0.05) is 49.4 Å². The number of hydrogen-bond acceptors (Lipinski definition) is 7. The molecule has 4 rings (SSSR count). The molecule has 0 fully saturated rings. The minimum absolute atomic E-state index is 0.125. The molecule has 7 nitrogen and oxygen atoms in total. The van der Waals surface area contributed by atoms with E-state index in [0.717, 1.165) is 49.9 Å². The molecule has 2 aromatic heterocycles. The molecular formula is C26H32F2N4O3S. The second-order valence-electron chi connectivity index (χ2n) is 9.05. The van der Waals surface area contributed by atoms with Crippen molar-refractivity contribution < 1.29 is 18.3 Å². The van der Waals surface area contributed by atoms with Crippen LogP contribution in [0.3, 0.4) is 0 Å². The molecule has 0 saturated heterocycles. The van der Waals surface area contributed by atoms with E-state index in [4.69, 9.17) is 9.47 Å². The summed E-state index contributed by atoms with van der Waals surface area (Å²) < 4.78 is 41.3. The van der Waals surface area contributed by atoms with Gasteiger partial charge in [0.05, 0.1) is 24.1 Å². The first-order chi connectivity index (χ1) is 17.4. The van der Waals surface area contributed by atoms with Gasteiger partial charge in [-0.2, -0.15) is 17.0 Å². The second kappa shape index (κ2) is 12.0. The topological polar surface area (TPSA) is 68.6 Å². The maximum absolute atomic E-state index is 14.4. The minimum Gasteiger partial charge on any atom is -0.486 e. The summed E-state index contributed by atoms with van der Waals surface area (Å²) in [7, 11) is 1.57. The van der Waals surface area contributed by atoms with Gasteiger partial charge in [0.1, 0.15) is 6.61 Å². The summed E-state index contributed by atoms with van der Waals surface area (Å²) in [6.07, 6.45) is 5.38. The van der Waals surface area contributed by atoms with Crippen LogP contribution in [0.1, 0.15) is 36.9 Å². The smallest absolute Gasteiger partial charge is 0.213 e. The summed E-state index contributed by atoms with van der Waals surface area (Å²) in [5.74, 6) is -1.02. The highest BCUT2D eigenvalue weighted by Gasteiger charge is 2.27. The Kier molecular flexibility index (Phi) is 8.81. The molecule has 3 aromatic rings. The van der Waals surface area contributed by atoms with Gasteiger partial charge in [-0.15, -0.1) is 0 Å². The summed E-state index contributed by atoms with van der Waals surface area (Å²) in [4.78, 5) is 19.8. The van der Waals surface area contributed by atoms with Crippen LogP contribution in [0, 0.1) is 11.6 Å². The van der Waals surface area contributed by atoms with E-state index in [1.54, 1.807) is 19.5 Å². The van der Waals surface area contributed by atoms with Crippen molar-refractivity contribution in [1.29, 1.82) is 0 Å². The zero-order valence-corrected chi connectivity index (χ0v) is 21.5. The van der Waals surface area contributed by atoms with E-state index < -0.39 is 11.6 Å². The molecule has 1 unspecified atom stereocenters. The summed E-state index contributed by atoms with van der Waals surface area (Å²) >= 11 is 4.22. The quantitative estimate of drug-likeness (QED) is 0.280. The fourth-order valence-electron chi connectivity index (χ4n) is 4.53. The molecule has 36 heavy (non-hydrogen) atoms.